The van der Waals surface area contributed by atoms with E-state index in [-0.39, 0.29) is 0 Å². The zero-order chi connectivity index (χ0) is 12.0. The molecule has 0 saturated carbocycles. The third-order valence-corrected chi connectivity index (χ3v) is 3.33. The predicted molar refractivity (Wildman–Crippen MR) is 65.6 cm³/mol. The van der Waals surface area contributed by atoms with Crippen LogP contribution in [0.1, 0.15) is 25.3 Å². The van der Waals surface area contributed by atoms with Crippen LogP contribution in [0.3, 0.4) is 0 Å². The van der Waals surface area contributed by atoms with Crippen molar-refractivity contribution in [1.29, 1.82) is 0 Å². The molecule has 0 heterocycles. The van der Waals surface area contributed by atoms with Gasteiger partial charge < -0.3 is 4.52 Å². The smallest absolute Gasteiger partial charge is 0.404 e. The topological polar surface area (TPSA) is 55.8 Å². The molecule has 1 N–H and O–H groups in total. The molecule has 0 aromatic heterocycles. The SMILES string of the molecule is CCCCc1ccc(OP(=O)(O)OS)cc1. The van der Waals surface area contributed by atoms with Crippen molar-refractivity contribution in [3.8, 4) is 5.75 Å². The van der Waals surface area contributed by atoms with Crippen LogP contribution in [0.25, 0.3) is 0 Å². The maximum absolute atomic E-state index is 11.0. The molecule has 4 nitrogen and oxygen atoms in total. The van der Waals surface area contributed by atoms with Gasteiger partial charge in [0, 0.05) is 0 Å². The Morgan fingerprint density at radius 2 is 2.00 bits per heavy atom. The van der Waals surface area contributed by atoms with E-state index in [9.17, 15) is 4.57 Å². The van der Waals surface area contributed by atoms with Gasteiger partial charge in [-0.15, -0.1) is 0 Å². The minimum atomic E-state index is -4.07. The van der Waals surface area contributed by atoms with Crippen LogP contribution < -0.4 is 4.52 Å². The van der Waals surface area contributed by atoms with E-state index >= 15 is 0 Å². The number of phosphoric acid groups is 1. The maximum Gasteiger partial charge on any atom is 0.538 e. The van der Waals surface area contributed by atoms with Crippen LogP contribution in [-0.2, 0) is 15.0 Å². The van der Waals surface area contributed by atoms with E-state index in [0.717, 1.165) is 19.3 Å². The Balaban J connectivity index is 2.61. The monoisotopic (exact) mass is 262 g/mol. The van der Waals surface area contributed by atoms with E-state index in [1.165, 1.54) is 5.56 Å². The Morgan fingerprint density at radius 3 is 2.50 bits per heavy atom. The molecule has 0 spiro atoms. The largest absolute Gasteiger partial charge is 0.538 e. The van der Waals surface area contributed by atoms with Gasteiger partial charge in [-0.3, -0.25) is 4.89 Å². The highest BCUT2D eigenvalue weighted by molar-refractivity contribution is 7.80. The first-order chi connectivity index (χ1) is 7.57. The first-order valence-corrected chi connectivity index (χ1v) is 6.88. The van der Waals surface area contributed by atoms with Gasteiger partial charge in [-0.2, -0.15) is 0 Å². The van der Waals surface area contributed by atoms with Crippen molar-refractivity contribution < 1.29 is 18.0 Å². The highest BCUT2D eigenvalue weighted by atomic mass is 32.1. The van der Waals surface area contributed by atoms with E-state index in [2.05, 4.69) is 23.8 Å². The number of phosphoric ester groups is 1. The number of hydrogen-bond acceptors (Lipinski definition) is 4. The van der Waals surface area contributed by atoms with Crippen molar-refractivity contribution in [3.63, 3.8) is 0 Å². The fourth-order valence-electron chi connectivity index (χ4n) is 1.25. The highest BCUT2D eigenvalue weighted by Gasteiger charge is 2.21. The molecule has 0 amide bonds. The summed E-state index contributed by atoms with van der Waals surface area (Å²) in [5, 5.41) is 0. The molecule has 0 saturated heterocycles. The standard InChI is InChI=1S/C10H15O4PS/c1-2-3-4-9-5-7-10(8-6-9)13-15(11,12)14-16/h5-8,16H,2-4H2,1H3,(H,11,12). The van der Waals surface area contributed by atoms with Crippen molar-refractivity contribution in [2.45, 2.75) is 26.2 Å². The van der Waals surface area contributed by atoms with Crippen LogP contribution in [0.15, 0.2) is 24.3 Å². The summed E-state index contributed by atoms with van der Waals surface area (Å²) in [7, 11) is -4.07. The molecule has 1 rings (SSSR count). The Bertz CT molecular complexity index is 366. The number of rotatable bonds is 6. The van der Waals surface area contributed by atoms with Crippen molar-refractivity contribution in [2.75, 3.05) is 0 Å². The summed E-state index contributed by atoms with van der Waals surface area (Å²) in [4.78, 5) is 9.02. The molecule has 1 aromatic carbocycles. The van der Waals surface area contributed by atoms with Gasteiger partial charge in [0.2, 0.25) is 0 Å². The first-order valence-electron chi connectivity index (χ1n) is 5.02. The van der Waals surface area contributed by atoms with Crippen molar-refractivity contribution >= 4 is 20.7 Å². The molecule has 1 unspecified atom stereocenters. The average molecular weight is 262 g/mol. The Kier molecular flexibility index (Phi) is 5.35. The lowest BCUT2D eigenvalue weighted by molar-refractivity contribution is 0.308. The molecule has 0 radical (unpaired) electrons. The van der Waals surface area contributed by atoms with E-state index in [1.807, 2.05) is 12.1 Å². The van der Waals surface area contributed by atoms with E-state index in [4.69, 9.17) is 9.42 Å². The maximum atomic E-state index is 11.0. The fourth-order valence-corrected chi connectivity index (χ4v) is 1.77. The normalized spacial score (nSPS) is 14.4. The molecule has 6 heteroatoms. The minimum absolute atomic E-state index is 0.292. The lowest BCUT2D eigenvalue weighted by Gasteiger charge is -2.09. The second kappa shape index (κ2) is 6.30. The molecular weight excluding hydrogens is 247 g/mol. The molecule has 0 aliphatic heterocycles. The summed E-state index contributed by atoms with van der Waals surface area (Å²) in [5.41, 5.74) is 1.17. The zero-order valence-corrected chi connectivity index (χ0v) is 10.8. The van der Waals surface area contributed by atoms with Crippen LogP contribution in [-0.4, -0.2) is 4.89 Å². The van der Waals surface area contributed by atoms with Crippen molar-refractivity contribution in [1.82, 2.24) is 0 Å². The van der Waals surface area contributed by atoms with E-state index in [0.29, 0.717) is 5.75 Å². The predicted octanol–water partition coefficient (Wildman–Crippen LogP) is 3.37. The number of aryl methyl sites for hydroxylation is 1. The van der Waals surface area contributed by atoms with Gasteiger partial charge in [0.25, 0.3) is 0 Å². The van der Waals surface area contributed by atoms with Gasteiger partial charge in [0.1, 0.15) is 5.75 Å². The van der Waals surface area contributed by atoms with Gasteiger partial charge in [-0.1, -0.05) is 25.5 Å². The van der Waals surface area contributed by atoms with Crippen LogP contribution in [0.2, 0.25) is 0 Å². The Hall–Kier alpha value is -0.480. The molecule has 90 valence electrons. The lowest BCUT2D eigenvalue weighted by Crippen LogP contribution is -1.92. The Labute approximate surface area is 101 Å². The van der Waals surface area contributed by atoms with Gasteiger partial charge in [0.15, 0.2) is 0 Å². The summed E-state index contributed by atoms with van der Waals surface area (Å²) in [6.45, 7) is 2.13. The van der Waals surface area contributed by atoms with Crippen molar-refractivity contribution in [3.05, 3.63) is 29.8 Å². The third-order valence-electron chi connectivity index (χ3n) is 2.07. The number of thiol groups is 1. The molecule has 1 atom stereocenters. The van der Waals surface area contributed by atoms with Gasteiger partial charge >= 0.3 is 7.82 Å². The zero-order valence-electron chi connectivity index (χ0n) is 9.00. The van der Waals surface area contributed by atoms with E-state index < -0.39 is 7.82 Å². The average Bonchev–Trinajstić information content (AvgIpc) is 2.28. The highest BCUT2D eigenvalue weighted by Crippen LogP contribution is 2.44. The lowest BCUT2D eigenvalue weighted by atomic mass is 10.1. The van der Waals surface area contributed by atoms with E-state index in [1.54, 1.807) is 12.1 Å². The number of unbranched alkanes of at least 4 members (excludes halogenated alkanes) is 1. The molecule has 0 aliphatic rings. The van der Waals surface area contributed by atoms with Crippen LogP contribution in [0.4, 0.5) is 0 Å². The fraction of sp³-hybridized carbons (Fsp3) is 0.400. The quantitative estimate of drug-likeness (QED) is 0.469. The summed E-state index contributed by atoms with van der Waals surface area (Å²) in [5.74, 6) is 0.292. The Morgan fingerprint density at radius 1 is 1.38 bits per heavy atom. The second-order valence-electron chi connectivity index (χ2n) is 3.39. The molecule has 0 aliphatic carbocycles. The van der Waals surface area contributed by atoms with Crippen LogP contribution in [0.5, 0.6) is 5.75 Å². The van der Waals surface area contributed by atoms with Crippen LogP contribution in [0, 0.1) is 0 Å². The molecular formula is C10H15O4PS. The van der Waals surface area contributed by atoms with Gasteiger partial charge in [-0.05, 0) is 43.4 Å². The molecule has 0 fully saturated rings. The van der Waals surface area contributed by atoms with Gasteiger partial charge in [-0.25, -0.2) is 8.54 Å². The molecule has 1 aromatic rings. The number of hydrogen-bond donors (Lipinski definition) is 2. The second-order valence-corrected chi connectivity index (χ2v) is 5.16. The van der Waals surface area contributed by atoms with Crippen LogP contribution >= 0.6 is 20.7 Å². The third kappa shape index (κ3) is 4.58. The first kappa shape index (κ1) is 13.6. The summed E-state index contributed by atoms with van der Waals surface area (Å²) in [6.07, 6.45) is 3.26. The summed E-state index contributed by atoms with van der Waals surface area (Å²) in [6, 6.07) is 7.01. The number of benzene rings is 1. The van der Waals surface area contributed by atoms with Gasteiger partial charge in [0.05, 0.1) is 0 Å². The summed E-state index contributed by atoms with van der Waals surface area (Å²) >= 11 is 3.26. The molecule has 0 bridgehead atoms. The molecule has 16 heavy (non-hydrogen) atoms. The minimum Gasteiger partial charge on any atom is -0.404 e. The van der Waals surface area contributed by atoms with Crippen molar-refractivity contribution in [2.24, 2.45) is 0 Å². The summed E-state index contributed by atoms with van der Waals surface area (Å²) < 4.78 is 19.8.